The summed E-state index contributed by atoms with van der Waals surface area (Å²) in [6, 6.07) is 11.6. The molecule has 7 heteroatoms. The van der Waals surface area contributed by atoms with E-state index in [2.05, 4.69) is 4.72 Å². The summed E-state index contributed by atoms with van der Waals surface area (Å²) in [5.41, 5.74) is 0.388. The predicted molar refractivity (Wildman–Crippen MR) is 76.6 cm³/mol. The van der Waals surface area contributed by atoms with Crippen molar-refractivity contribution >= 4 is 21.6 Å². The molecule has 0 atom stereocenters. The topological polar surface area (TPSA) is 70.0 Å². The molecule has 21 heavy (non-hydrogen) atoms. The van der Waals surface area contributed by atoms with Crippen molar-refractivity contribution in [3.63, 3.8) is 0 Å². The zero-order valence-electron chi connectivity index (χ0n) is 10.7. The first-order valence-corrected chi connectivity index (χ1v) is 7.73. The van der Waals surface area contributed by atoms with Gasteiger partial charge in [0.05, 0.1) is 16.7 Å². The van der Waals surface area contributed by atoms with Crippen LogP contribution >= 0.6 is 11.6 Å². The highest BCUT2D eigenvalue weighted by Gasteiger charge is 2.18. The maximum atomic E-state index is 13.5. The minimum atomic E-state index is -3.94. The van der Waals surface area contributed by atoms with E-state index in [1.165, 1.54) is 36.4 Å². The van der Waals surface area contributed by atoms with Gasteiger partial charge in [-0.25, -0.2) is 17.5 Å². The van der Waals surface area contributed by atoms with Crippen molar-refractivity contribution in [2.45, 2.75) is 11.4 Å². The van der Waals surface area contributed by atoms with Crippen molar-refractivity contribution in [1.29, 1.82) is 5.26 Å². The van der Waals surface area contributed by atoms with Crippen LogP contribution in [-0.4, -0.2) is 8.42 Å². The summed E-state index contributed by atoms with van der Waals surface area (Å²) in [6.45, 7) is -0.206. The Hall–Kier alpha value is -1.94. The average Bonchev–Trinajstić information content (AvgIpc) is 2.47. The normalized spacial score (nSPS) is 11.1. The molecule has 0 aromatic heterocycles. The van der Waals surface area contributed by atoms with Crippen molar-refractivity contribution < 1.29 is 12.8 Å². The van der Waals surface area contributed by atoms with Gasteiger partial charge >= 0.3 is 0 Å². The number of nitrogens with one attached hydrogen (secondary N) is 1. The van der Waals surface area contributed by atoms with Gasteiger partial charge < -0.3 is 0 Å². The highest BCUT2D eigenvalue weighted by atomic mass is 35.5. The molecule has 0 fully saturated rings. The number of sulfonamides is 1. The molecule has 0 aliphatic carbocycles. The third-order valence-electron chi connectivity index (χ3n) is 2.76. The number of nitrogens with zero attached hydrogens (tertiary/aromatic N) is 1. The van der Waals surface area contributed by atoms with Crippen LogP contribution < -0.4 is 4.72 Å². The van der Waals surface area contributed by atoms with Crippen molar-refractivity contribution in [3.8, 4) is 6.07 Å². The standard InChI is InChI=1S/C14H10ClFN2O2S/c15-12-6-5-10(8-17)7-14(12)21(19,20)18-9-11-3-1-2-4-13(11)16/h1-7,18H,9H2. The molecule has 0 heterocycles. The van der Waals surface area contributed by atoms with Gasteiger partial charge in [-0.1, -0.05) is 29.8 Å². The van der Waals surface area contributed by atoms with Crippen LogP contribution in [0.2, 0.25) is 5.02 Å². The Kier molecular flexibility index (Phi) is 4.58. The molecule has 0 amide bonds. The van der Waals surface area contributed by atoms with Gasteiger partial charge in [0.1, 0.15) is 10.7 Å². The molecule has 2 aromatic carbocycles. The maximum Gasteiger partial charge on any atom is 0.242 e. The quantitative estimate of drug-likeness (QED) is 0.940. The third-order valence-corrected chi connectivity index (χ3v) is 4.64. The second kappa shape index (κ2) is 6.22. The van der Waals surface area contributed by atoms with Gasteiger partial charge in [0.2, 0.25) is 10.0 Å². The minimum Gasteiger partial charge on any atom is -0.207 e. The van der Waals surface area contributed by atoms with E-state index in [9.17, 15) is 12.8 Å². The largest absolute Gasteiger partial charge is 0.242 e. The summed E-state index contributed by atoms with van der Waals surface area (Å²) >= 11 is 5.85. The molecule has 2 rings (SSSR count). The second-order valence-electron chi connectivity index (χ2n) is 4.17. The van der Waals surface area contributed by atoms with Crippen LogP contribution in [0.25, 0.3) is 0 Å². The zero-order chi connectivity index (χ0) is 15.5. The molecule has 0 aliphatic heterocycles. The molecule has 2 aromatic rings. The Balaban J connectivity index is 2.28. The Labute approximate surface area is 126 Å². The van der Waals surface area contributed by atoms with Crippen molar-refractivity contribution in [1.82, 2.24) is 4.72 Å². The van der Waals surface area contributed by atoms with E-state index in [-0.39, 0.29) is 27.6 Å². The maximum absolute atomic E-state index is 13.5. The summed E-state index contributed by atoms with van der Waals surface area (Å²) in [4.78, 5) is -0.209. The number of hydrogen-bond acceptors (Lipinski definition) is 3. The van der Waals surface area contributed by atoms with Crippen LogP contribution in [0.15, 0.2) is 47.4 Å². The van der Waals surface area contributed by atoms with Gasteiger partial charge in [0.25, 0.3) is 0 Å². The Morgan fingerprint density at radius 2 is 1.95 bits per heavy atom. The fraction of sp³-hybridized carbons (Fsp3) is 0.0714. The van der Waals surface area contributed by atoms with Crippen LogP contribution in [0.4, 0.5) is 4.39 Å². The van der Waals surface area contributed by atoms with Crippen LogP contribution in [-0.2, 0) is 16.6 Å². The third kappa shape index (κ3) is 3.58. The fourth-order valence-corrected chi connectivity index (χ4v) is 3.20. The summed E-state index contributed by atoms with van der Waals surface area (Å²) in [6.07, 6.45) is 0. The van der Waals surface area contributed by atoms with E-state index in [4.69, 9.17) is 16.9 Å². The average molecular weight is 325 g/mol. The van der Waals surface area contributed by atoms with E-state index in [0.29, 0.717) is 0 Å². The molecule has 0 radical (unpaired) electrons. The highest BCUT2D eigenvalue weighted by molar-refractivity contribution is 7.89. The van der Waals surface area contributed by atoms with Gasteiger partial charge in [-0.2, -0.15) is 5.26 Å². The molecule has 0 unspecified atom stereocenters. The number of halogens is 2. The van der Waals surface area contributed by atoms with Crippen LogP contribution in [0, 0.1) is 17.1 Å². The van der Waals surface area contributed by atoms with Gasteiger partial charge in [-0.3, -0.25) is 0 Å². The second-order valence-corrected chi connectivity index (χ2v) is 6.32. The number of benzene rings is 2. The molecule has 0 aliphatic rings. The number of rotatable bonds is 4. The summed E-state index contributed by atoms with van der Waals surface area (Å²) in [7, 11) is -3.94. The van der Waals surface area contributed by atoms with Gasteiger partial charge in [-0.05, 0) is 24.3 Å². The first-order chi connectivity index (χ1) is 9.94. The Bertz CT molecular complexity index is 816. The Morgan fingerprint density at radius 3 is 2.62 bits per heavy atom. The molecule has 0 bridgehead atoms. The van der Waals surface area contributed by atoms with E-state index >= 15 is 0 Å². The highest BCUT2D eigenvalue weighted by Crippen LogP contribution is 2.22. The van der Waals surface area contributed by atoms with Crippen LogP contribution in [0.1, 0.15) is 11.1 Å². The molecule has 0 saturated heterocycles. The van der Waals surface area contributed by atoms with Crippen molar-refractivity contribution in [3.05, 3.63) is 64.4 Å². The summed E-state index contributed by atoms with van der Waals surface area (Å²) < 4.78 is 40.1. The van der Waals surface area contributed by atoms with E-state index < -0.39 is 15.8 Å². The van der Waals surface area contributed by atoms with Gasteiger partial charge in [0.15, 0.2) is 0 Å². The van der Waals surface area contributed by atoms with E-state index in [1.807, 2.05) is 6.07 Å². The number of nitriles is 1. The smallest absolute Gasteiger partial charge is 0.207 e. The van der Waals surface area contributed by atoms with E-state index in [1.54, 1.807) is 6.07 Å². The summed E-state index contributed by atoms with van der Waals surface area (Å²) in [5.74, 6) is -0.503. The van der Waals surface area contributed by atoms with Gasteiger partial charge in [0, 0.05) is 12.1 Å². The van der Waals surface area contributed by atoms with Crippen molar-refractivity contribution in [2.24, 2.45) is 0 Å². The number of hydrogen-bond donors (Lipinski definition) is 1. The molecular formula is C14H10ClFN2O2S. The summed E-state index contributed by atoms with van der Waals surface area (Å²) in [5, 5.41) is 8.80. The lowest BCUT2D eigenvalue weighted by Gasteiger charge is -2.09. The minimum absolute atomic E-state index is 0.00460. The molecule has 0 spiro atoms. The lowest BCUT2D eigenvalue weighted by Crippen LogP contribution is -2.24. The zero-order valence-corrected chi connectivity index (χ0v) is 12.2. The molecular weight excluding hydrogens is 315 g/mol. The molecule has 4 nitrogen and oxygen atoms in total. The SMILES string of the molecule is N#Cc1ccc(Cl)c(S(=O)(=O)NCc2ccccc2F)c1. The lowest BCUT2D eigenvalue weighted by atomic mass is 10.2. The fourth-order valence-electron chi connectivity index (χ4n) is 1.67. The monoisotopic (exact) mass is 324 g/mol. The lowest BCUT2D eigenvalue weighted by molar-refractivity contribution is 0.574. The van der Waals surface area contributed by atoms with Crippen LogP contribution in [0.3, 0.4) is 0 Å². The molecule has 1 N–H and O–H groups in total. The first-order valence-electron chi connectivity index (χ1n) is 5.87. The van der Waals surface area contributed by atoms with Gasteiger partial charge in [-0.15, -0.1) is 0 Å². The van der Waals surface area contributed by atoms with Crippen LogP contribution in [0.5, 0.6) is 0 Å². The van der Waals surface area contributed by atoms with E-state index in [0.717, 1.165) is 0 Å². The molecule has 0 saturated carbocycles. The van der Waals surface area contributed by atoms with Crippen molar-refractivity contribution in [2.75, 3.05) is 0 Å². The first kappa shape index (κ1) is 15.4. The molecule has 108 valence electrons. The Morgan fingerprint density at radius 1 is 1.24 bits per heavy atom. The predicted octanol–water partition coefficient (Wildman–Crippen LogP) is 2.83.